The number of methoxy groups -OCH3 is 1. The summed E-state index contributed by atoms with van der Waals surface area (Å²) >= 11 is 0. The molecule has 0 amide bonds. The highest BCUT2D eigenvalue weighted by Gasteiger charge is 2.34. The van der Waals surface area contributed by atoms with E-state index in [0.717, 1.165) is 24.3 Å². The second kappa shape index (κ2) is 11.0. The number of anilines is 2. The highest BCUT2D eigenvalue weighted by atomic mass is 32.2. The van der Waals surface area contributed by atoms with Crippen LogP contribution in [0.4, 0.5) is 24.8 Å². The number of allylic oxidation sites excluding steroid dienone is 4. The molecule has 0 radical (unpaired) electrons. The Bertz CT molecular complexity index is 1700. The Hall–Kier alpha value is -4.45. The molecule has 3 aromatic rings. The van der Waals surface area contributed by atoms with E-state index in [2.05, 4.69) is 15.3 Å². The van der Waals surface area contributed by atoms with Crippen LogP contribution in [-0.4, -0.2) is 38.3 Å². The van der Waals surface area contributed by atoms with E-state index in [-0.39, 0.29) is 17.2 Å². The minimum absolute atomic E-state index is 0.0200. The van der Waals surface area contributed by atoms with Crippen LogP contribution < -0.4 is 10.0 Å². The van der Waals surface area contributed by atoms with Crippen molar-refractivity contribution in [3.63, 3.8) is 0 Å². The van der Waals surface area contributed by atoms with E-state index in [1.165, 1.54) is 19.2 Å². The zero-order chi connectivity index (χ0) is 28.4. The summed E-state index contributed by atoms with van der Waals surface area (Å²) in [5.41, 5.74) is 1.47. The number of aliphatic imine (C=N–C) groups is 1. The van der Waals surface area contributed by atoms with Gasteiger partial charge in [-0.2, -0.15) is 0 Å². The molecule has 8 nitrogen and oxygen atoms in total. The molecule has 0 spiro atoms. The summed E-state index contributed by atoms with van der Waals surface area (Å²) in [5, 5.41) is 2.89. The molecule has 1 aliphatic carbocycles. The van der Waals surface area contributed by atoms with Gasteiger partial charge in [-0.15, -0.1) is 0 Å². The van der Waals surface area contributed by atoms with Gasteiger partial charge in [-0.05, 0) is 49.2 Å². The summed E-state index contributed by atoms with van der Waals surface area (Å²) in [6.07, 6.45) is 8.46. The van der Waals surface area contributed by atoms with Gasteiger partial charge in [0.05, 0.1) is 29.9 Å². The molecule has 2 aromatic carbocycles. The number of hydrogen-bond donors (Lipinski definition) is 2. The Kier molecular flexibility index (Phi) is 7.44. The molecule has 2 N–H and O–H groups in total. The fourth-order valence-electron chi connectivity index (χ4n) is 4.65. The molecule has 2 aliphatic rings. The molecule has 2 heterocycles. The van der Waals surface area contributed by atoms with Gasteiger partial charge in [0.15, 0.2) is 10.7 Å². The van der Waals surface area contributed by atoms with E-state index in [1.54, 1.807) is 25.4 Å². The quantitative estimate of drug-likeness (QED) is 0.388. The topological polar surface area (TPSA) is 106 Å². The minimum Gasteiger partial charge on any atom is -0.497 e. The lowest BCUT2D eigenvalue weighted by Crippen LogP contribution is -2.17. The lowest BCUT2D eigenvalue weighted by molar-refractivity contribution is 0.307. The molecule has 0 fully saturated rings. The minimum atomic E-state index is -4.81. The van der Waals surface area contributed by atoms with Crippen LogP contribution in [0.3, 0.4) is 0 Å². The van der Waals surface area contributed by atoms with Gasteiger partial charge in [-0.1, -0.05) is 18.2 Å². The molecular formula is C28H24F3N5O3S. The van der Waals surface area contributed by atoms with Crippen molar-refractivity contribution >= 4 is 38.6 Å². The normalized spacial score (nSPS) is 19.1. The van der Waals surface area contributed by atoms with E-state index < -0.39 is 38.1 Å². The zero-order valence-electron chi connectivity index (χ0n) is 21.5. The molecule has 1 atom stereocenters. The number of ether oxygens (including phenoxy) is 1. The van der Waals surface area contributed by atoms with Gasteiger partial charge in [0.1, 0.15) is 17.4 Å². The fraction of sp³-hybridized carbons (Fsp3) is 0.179. The number of benzene rings is 2. The molecule has 0 bridgehead atoms. The molecule has 12 heteroatoms. The number of fused-ring (bicyclic) bond motifs is 1. The van der Waals surface area contributed by atoms with Crippen molar-refractivity contribution in [3.05, 3.63) is 101 Å². The molecule has 0 saturated heterocycles. The van der Waals surface area contributed by atoms with Gasteiger partial charge < -0.3 is 10.1 Å². The van der Waals surface area contributed by atoms with Gasteiger partial charge in [-0.25, -0.2) is 31.6 Å². The van der Waals surface area contributed by atoms with E-state index in [0.29, 0.717) is 41.5 Å². The highest BCUT2D eigenvalue weighted by Crippen LogP contribution is 2.43. The molecule has 206 valence electrons. The number of halogens is 3. The molecule has 1 aromatic heterocycles. The largest absolute Gasteiger partial charge is 0.497 e. The highest BCUT2D eigenvalue weighted by molar-refractivity contribution is 7.92. The van der Waals surface area contributed by atoms with E-state index in [1.807, 2.05) is 16.9 Å². The average Bonchev–Trinajstić information content (AvgIpc) is 3.26. The van der Waals surface area contributed by atoms with Crippen molar-refractivity contribution < 1.29 is 26.3 Å². The second-order valence-corrected chi connectivity index (χ2v) is 10.5. The predicted octanol–water partition coefficient (Wildman–Crippen LogP) is 5.56. The van der Waals surface area contributed by atoms with Crippen molar-refractivity contribution in [2.24, 2.45) is 10.9 Å². The first-order valence-electron chi connectivity index (χ1n) is 12.3. The monoisotopic (exact) mass is 567 g/mol. The molecular weight excluding hydrogens is 543 g/mol. The number of nitrogens with zero attached hydrogens (tertiary/aromatic N) is 3. The van der Waals surface area contributed by atoms with Crippen molar-refractivity contribution in [3.8, 4) is 0 Å². The van der Waals surface area contributed by atoms with Gasteiger partial charge in [0.25, 0.3) is 10.0 Å². The van der Waals surface area contributed by atoms with Gasteiger partial charge in [-0.3, -0.25) is 9.71 Å². The Labute approximate surface area is 229 Å². The molecule has 40 heavy (non-hydrogen) atoms. The van der Waals surface area contributed by atoms with E-state index in [4.69, 9.17) is 9.73 Å². The predicted molar refractivity (Wildman–Crippen MR) is 146 cm³/mol. The van der Waals surface area contributed by atoms with E-state index in [9.17, 15) is 17.2 Å². The smallest absolute Gasteiger partial charge is 0.267 e. The number of hydrogen-bond acceptors (Lipinski definition) is 7. The van der Waals surface area contributed by atoms with Gasteiger partial charge in [0, 0.05) is 36.4 Å². The third-order valence-electron chi connectivity index (χ3n) is 6.47. The van der Waals surface area contributed by atoms with Crippen LogP contribution in [-0.2, 0) is 14.8 Å². The maximum atomic E-state index is 16.1. The van der Waals surface area contributed by atoms with Crippen LogP contribution in [0, 0.1) is 23.4 Å². The van der Waals surface area contributed by atoms with Crippen molar-refractivity contribution in [2.45, 2.75) is 17.7 Å². The Morgan fingerprint density at radius 2 is 1.80 bits per heavy atom. The van der Waals surface area contributed by atoms with Crippen molar-refractivity contribution in [1.29, 1.82) is 0 Å². The van der Waals surface area contributed by atoms with Gasteiger partial charge in [0.2, 0.25) is 5.95 Å². The summed E-state index contributed by atoms with van der Waals surface area (Å²) in [6.45, 7) is 0. The first-order chi connectivity index (χ1) is 19.2. The van der Waals surface area contributed by atoms with Crippen LogP contribution >= 0.6 is 0 Å². The fourth-order valence-corrected chi connectivity index (χ4v) is 5.85. The van der Waals surface area contributed by atoms with Crippen LogP contribution in [0.5, 0.6) is 0 Å². The van der Waals surface area contributed by atoms with Crippen LogP contribution in [0.15, 0.2) is 82.5 Å². The standard InChI is InChI=1S/C28H24F3N5O3S/c1-32-28-33-14-13-21(35-28)24-17-8-4-3-7-16(39-2)15-23(17)34-26(24)18-9-5-12-22(25(18)31)36-40(37,38)27-19(29)10-6-11-20(27)30/h3,5-7,9-15,17,36H,4,8H2,1-2H3,(H,32,33,35)/b7-3-,16-15+. The SMILES string of the molecule is CNc1nccc(C2=C(c3cccc(NS(=O)(=O)c4c(F)cccc4F)c3F)N=C3/C=C(OC)\C=C/CCC32)n1. The number of aromatic nitrogens is 2. The summed E-state index contributed by atoms with van der Waals surface area (Å²) < 4.78 is 77.8. The summed E-state index contributed by atoms with van der Waals surface area (Å²) in [5.74, 6) is -2.93. The Morgan fingerprint density at radius 3 is 2.52 bits per heavy atom. The number of rotatable bonds is 7. The summed E-state index contributed by atoms with van der Waals surface area (Å²) in [7, 11) is -1.60. The maximum Gasteiger partial charge on any atom is 0.267 e. The Balaban J connectivity index is 1.66. The lowest BCUT2D eigenvalue weighted by Gasteiger charge is -2.18. The number of sulfonamides is 1. The molecule has 0 saturated carbocycles. The van der Waals surface area contributed by atoms with Crippen LogP contribution in [0.2, 0.25) is 0 Å². The molecule has 1 aliphatic heterocycles. The van der Waals surface area contributed by atoms with Crippen LogP contribution in [0.25, 0.3) is 11.3 Å². The lowest BCUT2D eigenvalue weighted by atomic mass is 9.86. The zero-order valence-corrected chi connectivity index (χ0v) is 22.3. The molecule has 5 rings (SSSR count). The van der Waals surface area contributed by atoms with Crippen LogP contribution in [0.1, 0.15) is 24.1 Å². The van der Waals surface area contributed by atoms with E-state index >= 15 is 4.39 Å². The third-order valence-corrected chi connectivity index (χ3v) is 7.89. The molecule has 1 unspecified atom stereocenters. The van der Waals surface area contributed by atoms with Crippen molar-refractivity contribution in [1.82, 2.24) is 9.97 Å². The second-order valence-electron chi connectivity index (χ2n) is 8.92. The summed E-state index contributed by atoms with van der Waals surface area (Å²) in [6, 6.07) is 8.38. The van der Waals surface area contributed by atoms with Gasteiger partial charge >= 0.3 is 0 Å². The first-order valence-corrected chi connectivity index (χ1v) is 13.7. The Morgan fingerprint density at radius 1 is 1.05 bits per heavy atom. The number of nitrogens with one attached hydrogen (secondary N) is 2. The maximum absolute atomic E-state index is 16.1. The van der Waals surface area contributed by atoms with Crippen molar-refractivity contribution in [2.75, 3.05) is 24.2 Å². The first kappa shape index (κ1) is 27.1. The third kappa shape index (κ3) is 5.09. The summed E-state index contributed by atoms with van der Waals surface area (Å²) in [4.78, 5) is 12.3. The average molecular weight is 568 g/mol.